The molecule has 1 amide bonds. The number of benzene rings is 1. The van der Waals surface area contributed by atoms with Gasteiger partial charge in [0.15, 0.2) is 17.2 Å². The van der Waals surface area contributed by atoms with E-state index >= 15 is 0 Å². The zero-order valence-corrected chi connectivity index (χ0v) is 17.6. The van der Waals surface area contributed by atoms with Gasteiger partial charge < -0.3 is 23.9 Å². The molecule has 0 spiro atoms. The summed E-state index contributed by atoms with van der Waals surface area (Å²) in [5.41, 5.74) is 1.35. The van der Waals surface area contributed by atoms with Gasteiger partial charge in [-0.05, 0) is 31.7 Å². The normalized spacial score (nSPS) is 18.6. The van der Waals surface area contributed by atoms with Crippen molar-refractivity contribution in [1.29, 1.82) is 0 Å². The minimum Gasteiger partial charge on any atom is -0.493 e. The predicted octanol–water partition coefficient (Wildman–Crippen LogP) is 2.77. The number of carbonyl (C=O) groups excluding carboxylic acids is 1. The van der Waals surface area contributed by atoms with Crippen molar-refractivity contribution in [2.75, 3.05) is 27.4 Å². The van der Waals surface area contributed by atoms with E-state index in [0.29, 0.717) is 43.0 Å². The van der Waals surface area contributed by atoms with Crippen molar-refractivity contribution in [3.8, 4) is 11.5 Å². The molecule has 2 heterocycles. The van der Waals surface area contributed by atoms with Crippen molar-refractivity contribution in [3.05, 3.63) is 41.6 Å². The number of hydrogen-bond donors (Lipinski definition) is 1. The number of carbonyl (C=O) groups is 1. The third kappa shape index (κ3) is 4.94. The van der Waals surface area contributed by atoms with Crippen molar-refractivity contribution < 1.29 is 23.4 Å². The summed E-state index contributed by atoms with van der Waals surface area (Å²) < 4.78 is 22.1. The minimum atomic E-state index is -0.229. The molecule has 2 fully saturated rings. The topological polar surface area (TPSA) is 86.1 Å². The van der Waals surface area contributed by atoms with Gasteiger partial charge in [-0.1, -0.05) is 12.1 Å². The Balaban J connectivity index is 1.39. The van der Waals surface area contributed by atoms with Gasteiger partial charge in [0, 0.05) is 31.3 Å². The molecule has 1 saturated heterocycles. The van der Waals surface area contributed by atoms with Crippen LogP contribution in [0.5, 0.6) is 11.5 Å². The predicted molar refractivity (Wildman–Crippen MR) is 110 cm³/mol. The highest BCUT2D eigenvalue weighted by molar-refractivity contribution is 5.91. The molecule has 1 saturated carbocycles. The molecule has 0 bridgehead atoms. The largest absolute Gasteiger partial charge is 0.493 e. The van der Waals surface area contributed by atoms with Gasteiger partial charge in [-0.15, -0.1) is 0 Å². The standard InChI is InChI=1S/C22H29N3O5/c1-27-19-7-3-5-15(21(19)28-2)12-25(16-8-9-16)13-20-24-18(14-30-20)22(26)23-11-17-6-4-10-29-17/h3,5,7,14,16-17H,4,6,8-13H2,1-2H3,(H,23,26). The van der Waals surface area contributed by atoms with Gasteiger partial charge in [0.25, 0.3) is 5.91 Å². The third-order valence-electron chi connectivity index (χ3n) is 5.56. The van der Waals surface area contributed by atoms with E-state index < -0.39 is 0 Å². The quantitative estimate of drug-likeness (QED) is 0.639. The van der Waals surface area contributed by atoms with Gasteiger partial charge in [-0.2, -0.15) is 0 Å². The molecule has 8 nitrogen and oxygen atoms in total. The van der Waals surface area contributed by atoms with Crippen LogP contribution in [0.3, 0.4) is 0 Å². The van der Waals surface area contributed by atoms with Crippen LogP contribution < -0.4 is 14.8 Å². The number of oxazole rings is 1. The number of amides is 1. The maximum atomic E-state index is 12.4. The zero-order chi connectivity index (χ0) is 20.9. The van der Waals surface area contributed by atoms with E-state index in [9.17, 15) is 4.79 Å². The molecule has 8 heteroatoms. The molecule has 1 aromatic carbocycles. The maximum absolute atomic E-state index is 12.4. The molecule has 1 aliphatic carbocycles. The molecule has 2 aliphatic rings. The number of rotatable bonds is 10. The van der Waals surface area contributed by atoms with Gasteiger partial charge >= 0.3 is 0 Å². The number of ether oxygens (including phenoxy) is 3. The van der Waals surface area contributed by atoms with Crippen LogP contribution in [0, 0.1) is 0 Å². The lowest BCUT2D eigenvalue weighted by Gasteiger charge is -2.22. The number of para-hydroxylation sites is 1. The summed E-state index contributed by atoms with van der Waals surface area (Å²) in [6.07, 6.45) is 5.84. The van der Waals surface area contributed by atoms with E-state index in [1.54, 1.807) is 14.2 Å². The van der Waals surface area contributed by atoms with E-state index in [1.165, 1.54) is 6.26 Å². The molecular formula is C22H29N3O5. The van der Waals surface area contributed by atoms with E-state index in [0.717, 1.165) is 43.6 Å². The first-order chi connectivity index (χ1) is 14.7. The fourth-order valence-corrected chi connectivity index (χ4v) is 3.81. The lowest BCUT2D eigenvalue weighted by Crippen LogP contribution is -2.32. The van der Waals surface area contributed by atoms with Gasteiger partial charge in [-0.25, -0.2) is 4.98 Å². The highest BCUT2D eigenvalue weighted by atomic mass is 16.5. The second kappa shape index (κ2) is 9.49. The summed E-state index contributed by atoms with van der Waals surface area (Å²) in [5, 5.41) is 2.88. The van der Waals surface area contributed by atoms with Crippen molar-refractivity contribution in [2.24, 2.45) is 0 Å². The van der Waals surface area contributed by atoms with Gasteiger partial charge in [0.2, 0.25) is 5.89 Å². The van der Waals surface area contributed by atoms with Crippen LogP contribution in [-0.2, 0) is 17.8 Å². The second-order valence-corrected chi connectivity index (χ2v) is 7.76. The molecule has 1 atom stereocenters. The van der Waals surface area contributed by atoms with Gasteiger partial charge in [0.1, 0.15) is 6.26 Å². The van der Waals surface area contributed by atoms with E-state index in [-0.39, 0.29) is 12.0 Å². The molecule has 1 N–H and O–H groups in total. The molecule has 30 heavy (non-hydrogen) atoms. The van der Waals surface area contributed by atoms with Crippen LogP contribution in [0.25, 0.3) is 0 Å². The minimum absolute atomic E-state index is 0.100. The fourth-order valence-electron chi connectivity index (χ4n) is 3.81. The van der Waals surface area contributed by atoms with Crippen LogP contribution >= 0.6 is 0 Å². The SMILES string of the molecule is COc1cccc(CN(Cc2nc(C(=O)NCC3CCCO3)co2)C2CC2)c1OC. The van der Waals surface area contributed by atoms with E-state index in [2.05, 4.69) is 15.2 Å². The van der Waals surface area contributed by atoms with Crippen LogP contribution in [0.1, 0.15) is 47.6 Å². The average molecular weight is 415 g/mol. The Labute approximate surface area is 176 Å². The summed E-state index contributed by atoms with van der Waals surface area (Å²) in [6, 6.07) is 6.36. The fraction of sp³-hybridized carbons (Fsp3) is 0.545. The zero-order valence-electron chi connectivity index (χ0n) is 17.6. The first kappa shape index (κ1) is 20.7. The van der Waals surface area contributed by atoms with Crippen LogP contribution in [-0.4, -0.2) is 55.3 Å². The molecule has 1 aliphatic heterocycles. The summed E-state index contributed by atoms with van der Waals surface area (Å²) >= 11 is 0. The molecule has 2 aromatic rings. The van der Waals surface area contributed by atoms with Crippen molar-refractivity contribution >= 4 is 5.91 Å². The number of nitrogens with zero attached hydrogens (tertiary/aromatic N) is 2. The van der Waals surface area contributed by atoms with Crippen LogP contribution in [0.4, 0.5) is 0 Å². The molecule has 162 valence electrons. The Morgan fingerprint density at radius 1 is 1.23 bits per heavy atom. The number of nitrogens with one attached hydrogen (secondary N) is 1. The second-order valence-electron chi connectivity index (χ2n) is 7.76. The first-order valence-electron chi connectivity index (χ1n) is 10.5. The van der Waals surface area contributed by atoms with Crippen LogP contribution in [0.15, 0.2) is 28.9 Å². The smallest absolute Gasteiger partial charge is 0.273 e. The van der Waals surface area contributed by atoms with E-state index in [1.807, 2.05) is 18.2 Å². The van der Waals surface area contributed by atoms with Crippen molar-refractivity contribution in [3.63, 3.8) is 0 Å². The summed E-state index contributed by atoms with van der Waals surface area (Å²) in [6.45, 7) is 2.49. The Bertz CT molecular complexity index is 858. The highest BCUT2D eigenvalue weighted by Crippen LogP contribution is 2.35. The molecule has 0 radical (unpaired) electrons. The highest BCUT2D eigenvalue weighted by Gasteiger charge is 2.31. The Morgan fingerprint density at radius 3 is 2.80 bits per heavy atom. The molecule has 1 unspecified atom stereocenters. The van der Waals surface area contributed by atoms with Gasteiger partial charge in [-0.3, -0.25) is 9.69 Å². The molecule has 1 aromatic heterocycles. The summed E-state index contributed by atoms with van der Waals surface area (Å²) in [7, 11) is 3.29. The lowest BCUT2D eigenvalue weighted by molar-refractivity contribution is 0.0853. The third-order valence-corrected chi connectivity index (χ3v) is 5.56. The van der Waals surface area contributed by atoms with Crippen molar-refractivity contribution in [2.45, 2.75) is 50.9 Å². The number of hydrogen-bond acceptors (Lipinski definition) is 7. The van der Waals surface area contributed by atoms with Crippen LogP contribution in [0.2, 0.25) is 0 Å². The Kier molecular flexibility index (Phi) is 6.54. The molecular weight excluding hydrogens is 386 g/mol. The monoisotopic (exact) mass is 415 g/mol. The van der Waals surface area contributed by atoms with Crippen molar-refractivity contribution in [1.82, 2.24) is 15.2 Å². The Hall–Kier alpha value is -2.58. The lowest BCUT2D eigenvalue weighted by atomic mass is 10.1. The summed E-state index contributed by atoms with van der Waals surface area (Å²) in [4.78, 5) is 19.1. The molecule has 4 rings (SSSR count). The van der Waals surface area contributed by atoms with E-state index in [4.69, 9.17) is 18.6 Å². The Morgan fingerprint density at radius 2 is 2.10 bits per heavy atom. The number of aromatic nitrogens is 1. The first-order valence-corrected chi connectivity index (χ1v) is 10.5. The number of methoxy groups -OCH3 is 2. The average Bonchev–Trinajstić information content (AvgIpc) is 3.28. The maximum Gasteiger partial charge on any atom is 0.273 e. The van der Waals surface area contributed by atoms with Gasteiger partial charge in [0.05, 0.1) is 26.9 Å². The summed E-state index contributed by atoms with van der Waals surface area (Å²) in [5.74, 6) is 1.76.